The lowest BCUT2D eigenvalue weighted by molar-refractivity contribution is -0.0136. The fraction of sp³-hybridized carbons (Fsp3) is 0.867. The Kier molecular flexibility index (Phi) is 5.18. The molecule has 0 aromatic rings. The van der Waals surface area contributed by atoms with Crippen molar-refractivity contribution in [3.63, 3.8) is 0 Å². The van der Waals surface area contributed by atoms with Gasteiger partial charge in [0.2, 0.25) is 0 Å². The summed E-state index contributed by atoms with van der Waals surface area (Å²) in [5.41, 5.74) is 1.30. The lowest BCUT2D eigenvalue weighted by atomic mass is 9.73. The lowest BCUT2D eigenvalue weighted by Gasteiger charge is -2.36. The maximum Gasteiger partial charge on any atom is 0.103 e. The Morgan fingerprint density at radius 1 is 1.41 bits per heavy atom. The molecule has 0 fully saturated rings. The Morgan fingerprint density at radius 2 is 2.06 bits per heavy atom. The highest BCUT2D eigenvalue weighted by molar-refractivity contribution is 5.17. The third kappa shape index (κ3) is 3.54. The van der Waals surface area contributed by atoms with E-state index in [4.69, 9.17) is 4.74 Å². The second-order valence-electron chi connectivity index (χ2n) is 5.80. The first-order chi connectivity index (χ1) is 7.91. The van der Waals surface area contributed by atoms with Gasteiger partial charge in [0.15, 0.2) is 0 Å². The van der Waals surface area contributed by atoms with E-state index in [1.165, 1.54) is 5.57 Å². The van der Waals surface area contributed by atoms with Gasteiger partial charge in [-0.15, -0.1) is 0 Å². The molecule has 0 radical (unpaired) electrons. The third-order valence-electron chi connectivity index (χ3n) is 4.04. The molecule has 1 rings (SSSR count). The summed E-state index contributed by atoms with van der Waals surface area (Å²) in [4.78, 5) is 0. The van der Waals surface area contributed by atoms with Crippen molar-refractivity contribution in [1.82, 2.24) is 0 Å². The van der Waals surface area contributed by atoms with Crippen LogP contribution in [0.15, 0.2) is 11.6 Å². The molecule has 0 heterocycles. The van der Waals surface area contributed by atoms with Crippen LogP contribution in [-0.2, 0) is 4.74 Å². The van der Waals surface area contributed by atoms with Gasteiger partial charge in [0.1, 0.15) is 6.17 Å². The van der Waals surface area contributed by atoms with Crippen LogP contribution in [0.2, 0.25) is 0 Å². The normalized spacial score (nSPS) is 28.3. The quantitative estimate of drug-likeness (QED) is 0.622. The Morgan fingerprint density at radius 3 is 2.47 bits per heavy atom. The maximum absolute atomic E-state index is 14.0. The predicted octanol–water partition coefficient (Wildman–Crippen LogP) is 4.52. The summed E-state index contributed by atoms with van der Waals surface area (Å²) >= 11 is 0. The smallest absolute Gasteiger partial charge is 0.103 e. The summed E-state index contributed by atoms with van der Waals surface area (Å²) in [6.07, 6.45) is 4.47. The van der Waals surface area contributed by atoms with Gasteiger partial charge in [0.25, 0.3) is 0 Å². The second-order valence-corrected chi connectivity index (χ2v) is 5.80. The Bertz CT molecular complexity index is 272. The Hall–Kier alpha value is -0.370. The largest absolute Gasteiger partial charge is 0.378 e. The van der Waals surface area contributed by atoms with Crippen LogP contribution in [-0.4, -0.2) is 18.9 Å². The molecule has 0 saturated carbocycles. The van der Waals surface area contributed by atoms with Crippen LogP contribution in [0.1, 0.15) is 53.9 Å². The van der Waals surface area contributed by atoms with E-state index in [0.717, 1.165) is 12.8 Å². The summed E-state index contributed by atoms with van der Waals surface area (Å²) < 4.78 is 19.8. The van der Waals surface area contributed by atoms with E-state index in [1.807, 2.05) is 27.7 Å². The molecule has 1 aliphatic carbocycles. The Labute approximate surface area is 105 Å². The molecule has 0 aromatic carbocycles. The van der Waals surface area contributed by atoms with Crippen molar-refractivity contribution in [2.24, 2.45) is 11.3 Å². The standard InChI is InChI=1S/C15H27FO/c1-6-14(16)13(5)15(10-17-11(2)3)8-7-12(4)9-15/h9,11,13-14H,6-8,10H2,1-5H3/t13-,14-,15-/m1/s1. The fourth-order valence-electron chi connectivity index (χ4n) is 2.70. The summed E-state index contributed by atoms with van der Waals surface area (Å²) in [5.74, 6) is 0.0451. The van der Waals surface area contributed by atoms with Crippen molar-refractivity contribution in [1.29, 1.82) is 0 Å². The summed E-state index contributed by atoms with van der Waals surface area (Å²) in [6.45, 7) is 10.8. The minimum absolute atomic E-state index is 0.0451. The van der Waals surface area contributed by atoms with Crippen molar-refractivity contribution >= 4 is 0 Å². The number of alkyl halides is 1. The second kappa shape index (κ2) is 5.99. The van der Waals surface area contributed by atoms with Crippen molar-refractivity contribution < 1.29 is 9.13 Å². The number of ether oxygens (including phenoxy) is 1. The van der Waals surface area contributed by atoms with Crippen LogP contribution >= 0.6 is 0 Å². The van der Waals surface area contributed by atoms with Crippen molar-refractivity contribution in [3.05, 3.63) is 11.6 Å². The average Bonchev–Trinajstić information content (AvgIpc) is 2.67. The van der Waals surface area contributed by atoms with Gasteiger partial charge in [0.05, 0.1) is 12.7 Å². The molecular formula is C15H27FO. The monoisotopic (exact) mass is 242 g/mol. The third-order valence-corrected chi connectivity index (χ3v) is 4.04. The van der Waals surface area contributed by atoms with Gasteiger partial charge in [-0.25, -0.2) is 4.39 Å². The zero-order valence-corrected chi connectivity index (χ0v) is 11.9. The number of hydrogen-bond donors (Lipinski definition) is 0. The van der Waals surface area contributed by atoms with Gasteiger partial charge in [-0.05, 0) is 46.0 Å². The molecule has 0 aromatic heterocycles. The molecule has 0 spiro atoms. The van der Waals surface area contributed by atoms with Gasteiger partial charge < -0.3 is 4.74 Å². The minimum Gasteiger partial charge on any atom is -0.378 e. The molecule has 0 unspecified atom stereocenters. The molecule has 2 heteroatoms. The molecule has 100 valence electrons. The van der Waals surface area contributed by atoms with E-state index in [0.29, 0.717) is 13.0 Å². The van der Waals surface area contributed by atoms with E-state index in [9.17, 15) is 4.39 Å². The topological polar surface area (TPSA) is 9.23 Å². The number of halogens is 1. The first-order valence-corrected chi connectivity index (χ1v) is 6.85. The maximum atomic E-state index is 14.0. The first-order valence-electron chi connectivity index (χ1n) is 6.85. The van der Waals surface area contributed by atoms with Crippen LogP contribution < -0.4 is 0 Å². The molecule has 0 aliphatic heterocycles. The van der Waals surface area contributed by atoms with Crippen LogP contribution in [0.4, 0.5) is 4.39 Å². The average molecular weight is 242 g/mol. The first kappa shape index (κ1) is 14.7. The van der Waals surface area contributed by atoms with Crippen LogP contribution in [0.5, 0.6) is 0 Å². The highest BCUT2D eigenvalue weighted by atomic mass is 19.1. The summed E-state index contributed by atoms with van der Waals surface area (Å²) in [6, 6.07) is 0. The van der Waals surface area contributed by atoms with E-state index in [-0.39, 0.29) is 17.4 Å². The van der Waals surface area contributed by atoms with Gasteiger partial charge in [0, 0.05) is 5.41 Å². The molecule has 1 aliphatic rings. The molecule has 0 amide bonds. The van der Waals surface area contributed by atoms with Gasteiger partial charge in [-0.3, -0.25) is 0 Å². The molecule has 0 saturated heterocycles. The number of hydrogen-bond acceptors (Lipinski definition) is 1. The van der Waals surface area contributed by atoms with E-state index < -0.39 is 6.17 Å². The number of allylic oxidation sites excluding steroid dienone is 1. The lowest BCUT2D eigenvalue weighted by Crippen LogP contribution is -2.36. The van der Waals surface area contributed by atoms with Gasteiger partial charge in [-0.2, -0.15) is 0 Å². The van der Waals surface area contributed by atoms with Crippen LogP contribution in [0.25, 0.3) is 0 Å². The number of rotatable bonds is 6. The fourth-order valence-corrected chi connectivity index (χ4v) is 2.70. The molecule has 0 bridgehead atoms. The molecule has 3 atom stereocenters. The van der Waals surface area contributed by atoms with Gasteiger partial charge in [-0.1, -0.05) is 25.5 Å². The van der Waals surface area contributed by atoms with E-state index in [1.54, 1.807) is 0 Å². The van der Waals surface area contributed by atoms with Crippen molar-refractivity contribution in [2.45, 2.75) is 66.2 Å². The highest BCUT2D eigenvalue weighted by Crippen LogP contribution is 2.45. The van der Waals surface area contributed by atoms with Crippen LogP contribution in [0, 0.1) is 11.3 Å². The molecule has 1 nitrogen and oxygen atoms in total. The predicted molar refractivity (Wildman–Crippen MR) is 70.9 cm³/mol. The zero-order valence-electron chi connectivity index (χ0n) is 11.9. The highest BCUT2D eigenvalue weighted by Gasteiger charge is 2.41. The van der Waals surface area contributed by atoms with Crippen LogP contribution in [0.3, 0.4) is 0 Å². The molecule has 17 heavy (non-hydrogen) atoms. The Balaban J connectivity index is 2.80. The molecule has 0 N–H and O–H groups in total. The van der Waals surface area contributed by atoms with Crippen molar-refractivity contribution in [3.8, 4) is 0 Å². The minimum atomic E-state index is -0.729. The van der Waals surface area contributed by atoms with E-state index >= 15 is 0 Å². The van der Waals surface area contributed by atoms with Crippen molar-refractivity contribution in [2.75, 3.05) is 6.61 Å². The summed E-state index contributed by atoms with van der Waals surface area (Å²) in [5, 5.41) is 0. The zero-order chi connectivity index (χ0) is 13.1. The summed E-state index contributed by atoms with van der Waals surface area (Å²) in [7, 11) is 0. The van der Waals surface area contributed by atoms with E-state index in [2.05, 4.69) is 13.0 Å². The van der Waals surface area contributed by atoms with Gasteiger partial charge >= 0.3 is 0 Å². The molecular weight excluding hydrogens is 215 g/mol. The SMILES string of the molecule is CC[C@@H](F)[C@@H](C)[C@@]1(COC(C)C)C=C(C)CC1.